The molecular weight excluding hydrogens is 380 g/mol. The summed E-state index contributed by atoms with van der Waals surface area (Å²) in [6.45, 7) is 5.47. The van der Waals surface area contributed by atoms with Gasteiger partial charge in [-0.05, 0) is 67.3 Å². The second-order valence-corrected chi connectivity index (χ2v) is 6.76. The van der Waals surface area contributed by atoms with Crippen molar-refractivity contribution in [3.63, 3.8) is 0 Å². The molecule has 0 saturated carbocycles. The third-order valence-corrected chi connectivity index (χ3v) is 4.64. The number of ketones is 1. The van der Waals surface area contributed by atoms with Gasteiger partial charge < -0.3 is 14.2 Å². The van der Waals surface area contributed by atoms with E-state index < -0.39 is 5.97 Å². The Hall–Kier alpha value is -2.79. The van der Waals surface area contributed by atoms with Gasteiger partial charge >= 0.3 is 5.97 Å². The lowest BCUT2D eigenvalue weighted by molar-refractivity contribution is -0.136. The van der Waals surface area contributed by atoms with Gasteiger partial charge in [0.25, 0.3) is 0 Å². The first-order valence-electron chi connectivity index (χ1n) is 8.64. The number of benzene rings is 2. The largest absolute Gasteiger partial charge is 0.493 e. The summed E-state index contributed by atoms with van der Waals surface area (Å²) in [7, 11) is 2.99. The number of rotatable bonds is 7. The average molecular weight is 403 g/mol. The molecule has 0 aliphatic rings. The van der Waals surface area contributed by atoms with Crippen molar-refractivity contribution in [1.82, 2.24) is 0 Å². The van der Waals surface area contributed by atoms with E-state index in [4.69, 9.17) is 25.8 Å². The van der Waals surface area contributed by atoms with E-state index in [1.165, 1.54) is 26.4 Å². The van der Waals surface area contributed by atoms with Crippen molar-refractivity contribution in [2.75, 3.05) is 20.8 Å². The van der Waals surface area contributed by atoms with E-state index in [9.17, 15) is 9.59 Å². The lowest BCUT2D eigenvalue weighted by Crippen LogP contribution is -2.14. The van der Waals surface area contributed by atoms with Crippen molar-refractivity contribution in [3.05, 3.63) is 63.2 Å². The molecule has 0 bridgehead atoms. The van der Waals surface area contributed by atoms with Crippen LogP contribution in [0.1, 0.15) is 32.6 Å². The molecular formula is C22H23ClO5. The summed E-state index contributed by atoms with van der Waals surface area (Å²) in [5.74, 6) is -0.00100. The molecule has 0 aliphatic carbocycles. The topological polar surface area (TPSA) is 61.8 Å². The molecule has 0 spiro atoms. The number of carbonyl (C=O) groups is 2. The normalized spacial score (nSPS) is 10.8. The molecule has 2 aromatic carbocycles. The predicted molar refractivity (Wildman–Crippen MR) is 110 cm³/mol. The molecule has 2 aromatic rings. The van der Waals surface area contributed by atoms with Crippen LogP contribution in [-0.4, -0.2) is 32.6 Å². The fraction of sp³-hybridized carbons (Fsp3) is 0.273. The van der Waals surface area contributed by atoms with Crippen LogP contribution < -0.4 is 9.47 Å². The second-order valence-electron chi connectivity index (χ2n) is 6.35. The Morgan fingerprint density at radius 2 is 1.64 bits per heavy atom. The number of ether oxygens (including phenoxy) is 3. The highest BCUT2D eigenvalue weighted by Gasteiger charge is 2.13. The molecule has 6 heteroatoms. The van der Waals surface area contributed by atoms with Gasteiger partial charge in [0.05, 0.1) is 19.2 Å². The molecule has 148 valence electrons. The molecule has 0 aromatic heterocycles. The average Bonchev–Trinajstić information content (AvgIpc) is 2.66. The van der Waals surface area contributed by atoms with Crippen LogP contribution in [-0.2, 0) is 9.53 Å². The lowest BCUT2D eigenvalue weighted by atomic mass is 9.98. The molecule has 0 radical (unpaired) electrons. The predicted octanol–water partition coefficient (Wildman–Crippen LogP) is 4.72. The first-order chi connectivity index (χ1) is 13.3. The van der Waals surface area contributed by atoms with E-state index in [-0.39, 0.29) is 12.4 Å². The first-order valence-corrected chi connectivity index (χ1v) is 9.02. The van der Waals surface area contributed by atoms with Crippen molar-refractivity contribution in [3.8, 4) is 11.5 Å². The molecule has 5 nitrogen and oxygen atoms in total. The van der Waals surface area contributed by atoms with Crippen LogP contribution in [0.4, 0.5) is 0 Å². The Labute approximate surface area is 169 Å². The van der Waals surface area contributed by atoms with Crippen LogP contribution in [0.15, 0.2) is 30.3 Å². The van der Waals surface area contributed by atoms with Gasteiger partial charge in [0.1, 0.15) is 0 Å². The van der Waals surface area contributed by atoms with Crippen LogP contribution in [0.25, 0.3) is 6.08 Å². The van der Waals surface area contributed by atoms with E-state index in [0.29, 0.717) is 27.6 Å². The standard InChI is InChI=1S/C22H23ClO5/c1-13-8-15(3)17(9-14(13)2)19(24)12-28-21(25)7-6-16-10-18(23)22(27-5)20(11-16)26-4/h6-11H,12H2,1-5H3. The van der Waals surface area contributed by atoms with Crippen LogP contribution in [0.5, 0.6) is 11.5 Å². The third-order valence-electron chi connectivity index (χ3n) is 4.35. The van der Waals surface area contributed by atoms with Crippen LogP contribution >= 0.6 is 11.6 Å². The monoisotopic (exact) mass is 402 g/mol. The third kappa shape index (κ3) is 5.14. The van der Waals surface area contributed by atoms with Crippen molar-refractivity contribution < 1.29 is 23.8 Å². The maximum atomic E-state index is 12.4. The summed E-state index contributed by atoms with van der Waals surface area (Å²) >= 11 is 6.14. The Balaban J connectivity index is 2.04. The van der Waals surface area contributed by atoms with E-state index in [1.807, 2.05) is 32.9 Å². The smallest absolute Gasteiger partial charge is 0.331 e. The maximum absolute atomic E-state index is 12.4. The van der Waals surface area contributed by atoms with E-state index >= 15 is 0 Å². The van der Waals surface area contributed by atoms with E-state index in [1.54, 1.807) is 12.1 Å². The highest BCUT2D eigenvalue weighted by Crippen LogP contribution is 2.36. The van der Waals surface area contributed by atoms with E-state index in [0.717, 1.165) is 16.7 Å². The number of Topliss-reactive ketones (excluding diaryl/α,β-unsaturated/α-hetero) is 1. The van der Waals surface area contributed by atoms with Crippen LogP contribution in [0.2, 0.25) is 5.02 Å². The van der Waals surface area contributed by atoms with Gasteiger partial charge in [0.2, 0.25) is 5.78 Å². The molecule has 0 atom stereocenters. The van der Waals surface area contributed by atoms with Gasteiger partial charge in [0.15, 0.2) is 18.1 Å². The minimum absolute atomic E-state index is 0.239. The maximum Gasteiger partial charge on any atom is 0.331 e. The zero-order valence-electron chi connectivity index (χ0n) is 16.6. The SMILES string of the molecule is COc1cc(C=CC(=O)OCC(=O)c2cc(C)c(C)cc2C)cc(Cl)c1OC. The Kier molecular flexibility index (Phi) is 7.24. The number of carbonyl (C=O) groups excluding carboxylic acids is 2. The second kappa shape index (κ2) is 9.42. The summed E-state index contributed by atoms with van der Waals surface area (Å²) in [4.78, 5) is 24.3. The number of methoxy groups -OCH3 is 2. The van der Waals surface area contributed by atoms with Crippen molar-refractivity contribution in [2.45, 2.75) is 20.8 Å². The minimum atomic E-state index is -0.624. The highest BCUT2D eigenvalue weighted by molar-refractivity contribution is 6.32. The lowest BCUT2D eigenvalue weighted by Gasteiger charge is -2.10. The molecule has 0 saturated heterocycles. The van der Waals surface area contributed by atoms with E-state index in [2.05, 4.69) is 0 Å². The fourth-order valence-electron chi connectivity index (χ4n) is 2.72. The van der Waals surface area contributed by atoms with Crippen molar-refractivity contribution in [1.29, 1.82) is 0 Å². The number of hydrogen-bond donors (Lipinski definition) is 0. The van der Waals surface area contributed by atoms with Gasteiger partial charge in [-0.3, -0.25) is 4.79 Å². The molecule has 0 N–H and O–H groups in total. The molecule has 2 rings (SSSR count). The Morgan fingerprint density at radius 1 is 0.964 bits per heavy atom. The van der Waals surface area contributed by atoms with Gasteiger partial charge in [-0.1, -0.05) is 17.7 Å². The summed E-state index contributed by atoms with van der Waals surface area (Å²) in [5, 5.41) is 0.357. The zero-order valence-corrected chi connectivity index (χ0v) is 17.3. The number of halogens is 1. The van der Waals surface area contributed by atoms with Crippen LogP contribution in [0, 0.1) is 20.8 Å². The quantitative estimate of drug-likeness (QED) is 0.381. The number of hydrogen-bond acceptors (Lipinski definition) is 5. The molecule has 0 amide bonds. The summed E-state index contributed by atoms with van der Waals surface area (Å²) in [6.07, 6.45) is 2.76. The van der Waals surface area contributed by atoms with Gasteiger partial charge in [-0.25, -0.2) is 4.79 Å². The summed E-state index contributed by atoms with van der Waals surface area (Å²) < 4.78 is 15.5. The van der Waals surface area contributed by atoms with Crippen molar-refractivity contribution in [2.24, 2.45) is 0 Å². The van der Waals surface area contributed by atoms with Crippen LogP contribution in [0.3, 0.4) is 0 Å². The molecule has 0 heterocycles. The van der Waals surface area contributed by atoms with Gasteiger partial charge in [-0.2, -0.15) is 0 Å². The van der Waals surface area contributed by atoms with Gasteiger partial charge in [-0.15, -0.1) is 0 Å². The first kappa shape index (κ1) is 21.5. The Morgan fingerprint density at radius 3 is 2.29 bits per heavy atom. The fourth-order valence-corrected chi connectivity index (χ4v) is 3.02. The zero-order chi connectivity index (χ0) is 20.8. The highest BCUT2D eigenvalue weighted by atomic mass is 35.5. The number of aryl methyl sites for hydroxylation is 3. The molecule has 0 fully saturated rings. The molecule has 0 aliphatic heterocycles. The van der Waals surface area contributed by atoms with Crippen molar-refractivity contribution >= 4 is 29.4 Å². The number of esters is 1. The summed E-state index contributed by atoms with van der Waals surface area (Å²) in [5.41, 5.74) is 4.19. The van der Waals surface area contributed by atoms with Gasteiger partial charge in [0, 0.05) is 11.6 Å². The summed E-state index contributed by atoms with van der Waals surface area (Å²) in [6, 6.07) is 7.09. The molecule has 0 unspecified atom stereocenters. The Bertz CT molecular complexity index is 931. The molecule has 28 heavy (non-hydrogen) atoms. The minimum Gasteiger partial charge on any atom is -0.493 e.